The van der Waals surface area contributed by atoms with E-state index in [2.05, 4.69) is 15.3 Å². The van der Waals surface area contributed by atoms with Crippen molar-refractivity contribution in [3.05, 3.63) is 18.2 Å². The number of imidazole rings is 1. The van der Waals surface area contributed by atoms with Crippen LogP contribution < -0.4 is 5.32 Å². The minimum Gasteiger partial charge on any atom is -0.444 e. The zero-order valence-electron chi connectivity index (χ0n) is 10.2. The fraction of sp³-hybridized carbons (Fsp3) is 0.636. The Kier molecular flexibility index (Phi) is 3.93. The van der Waals surface area contributed by atoms with Gasteiger partial charge in [-0.2, -0.15) is 0 Å². The minimum atomic E-state index is -0.481. The van der Waals surface area contributed by atoms with Crippen molar-refractivity contribution < 1.29 is 9.53 Å². The number of carbonyl (C=O) groups excluding carboxylic acids is 1. The van der Waals surface area contributed by atoms with Crippen LogP contribution in [0.4, 0.5) is 4.79 Å². The van der Waals surface area contributed by atoms with Crippen LogP contribution in [-0.4, -0.2) is 21.7 Å². The van der Waals surface area contributed by atoms with Gasteiger partial charge in [0.1, 0.15) is 11.4 Å². The Labute approximate surface area is 95.6 Å². The summed E-state index contributed by atoms with van der Waals surface area (Å²) in [5.41, 5.74) is -0.481. The van der Waals surface area contributed by atoms with E-state index in [0.717, 1.165) is 12.2 Å². The van der Waals surface area contributed by atoms with Crippen LogP contribution >= 0.6 is 0 Å². The molecule has 2 N–H and O–H groups in total. The minimum absolute atomic E-state index is 0.134. The summed E-state index contributed by atoms with van der Waals surface area (Å²) in [5.74, 6) is 0.744. The molecule has 5 heteroatoms. The van der Waals surface area contributed by atoms with Crippen LogP contribution in [0.1, 0.15) is 46.0 Å². The summed E-state index contributed by atoms with van der Waals surface area (Å²) < 4.78 is 5.18. The normalized spacial score (nSPS) is 13.2. The number of nitrogens with zero attached hydrogens (tertiary/aromatic N) is 1. The monoisotopic (exact) mass is 225 g/mol. The number of hydrogen-bond acceptors (Lipinski definition) is 3. The van der Waals surface area contributed by atoms with Gasteiger partial charge in [0.05, 0.1) is 6.04 Å². The molecular formula is C11H19N3O2. The van der Waals surface area contributed by atoms with Crippen LogP contribution in [0.5, 0.6) is 0 Å². The molecule has 5 nitrogen and oxygen atoms in total. The number of rotatable bonds is 3. The molecule has 0 fully saturated rings. The fourth-order valence-electron chi connectivity index (χ4n) is 1.28. The van der Waals surface area contributed by atoms with E-state index in [1.165, 1.54) is 0 Å². The maximum absolute atomic E-state index is 11.5. The molecule has 0 bridgehead atoms. The van der Waals surface area contributed by atoms with Crippen LogP contribution in [0.15, 0.2) is 12.4 Å². The van der Waals surface area contributed by atoms with Gasteiger partial charge in [0.15, 0.2) is 0 Å². The van der Waals surface area contributed by atoms with Crippen molar-refractivity contribution in [1.82, 2.24) is 15.3 Å². The predicted molar refractivity (Wildman–Crippen MR) is 61.0 cm³/mol. The van der Waals surface area contributed by atoms with Gasteiger partial charge in [-0.1, -0.05) is 6.92 Å². The number of nitrogens with one attached hydrogen (secondary N) is 2. The van der Waals surface area contributed by atoms with E-state index in [0.29, 0.717) is 0 Å². The number of aromatic amines is 1. The molecule has 0 radical (unpaired) electrons. The maximum atomic E-state index is 11.5. The van der Waals surface area contributed by atoms with Crippen molar-refractivity contribution >= 4 is 6.09 Å². The molecule has 1 rings (SSSR count). The first kappa shape index (κ1) is 12.5. The summed E-state index contributed by atoms with van der Waals surface area (Å²) in [7, 11) is 0. The smallest absolute Gasteiger partial charge is 0.408 e. The van der Waals surface area contributed by atoms with E-state index < -0.39 is 11.7 Å². The SMILES string of the molecule is CC[C@@H](NC(=O)OC(C)(C)C)c1ncc[nH]1. The molecule has 1 amide bonds. The van der Waals surface area contributed by atoms with Crippen molar-refractivity contribution in [1.29, 1.82) is 0 Å². The van der Waals surface area contributed by atoms with Crippen molar-refractivity contribution in [3.63, 3.8) is 0 Å². The van der Waals surface area contributed by atoms with Gasteiger partial charge in [0.25, 0.3) is 0 Å². The Morgan fingerprint density at radius 3 is 2.75 bits per heavy atom. The summed E-state index contributed by atoms with van der Waals surface area (Å²) in [5, 5.41) is 2.77. The number of ether oxygens (including phenoxy) is 1. The van der Waals surface area contributed by atoms with Gasteiger partial charge in [-0.15, -0.1) is 0 Å². The van der Waals surface area contributed by atoms with Gasteiger partial charge >= 0.3 is 6.09 Å². The van der Waals surface area contributed by atoms with E-state index in [1.807, 2.05) is 27.7 Å². The second-order valence-electron chi connectivity index (χ2n) is 4.58. The van der Waals surface area contributed by atoms with Crippen molar-refractivity contribution in [2.45, 2.75) is 45.8 Å². The van der Waals surface area contributed by atoms with E-state index >= 15 is 0 Å². The average Bonchev–Trinajstić information content (AvgIpc) is 2.63. The number of amides is 1. The first-order valence-corrected chi connectivity index (χ1v) is 5.41. The Bertz CT molecular complexity index is 327. The van der Waals surface area contributed by atoms with Gasteiger partial charge in [-0.25, -0.2) is 9.78 Å². The molecule has 0 saturated heterocycles. The molecule has 0 spiro atoms. The molecular weight excluding hydrogens is 206 g/mol. The summed E-state index contributed by atoms with van der Waals surface area (Å²) in [6.07, 6.45) is 3.73. The second kappa shape index (κ2) is 5.01. The van der Waals surface area contributed by atoms with Gasteiger partial charge < -0.3 is 15.0 Å². The third kappa shape index (κ3) is 3.92. The first-order valence-electron chi connectivity index (χ1n) is 5.41. The highest BCUT2D eigenvalue weighted by molar-refractivity contribution is 5.68. The molecule has 1 heterocycles. The fourth-order valence-corrected chi connectivity index (χ4v) is 1.28. The zero-order valence-corrected chi connectivity index (χ0v) is 10.2. The lowest BCUT2D eigenvalue weighted by atomic mass is 10.2. The van der Waals surface area contributed by atoms with Gasteiger partial charge in [0, 0.05) is 12.4 Å². The molecule has 0 unspecified atom stereocenters. The molecule has 1 aromatic heterocycles. The summed E-state index contributed by atoms with van der Waals surface area (Å²) in [6, 6.07) is -0.134. The van der Waals surface area contributed by atoms with E-state index in [9.17, 15) is 4.79 Å². The van der Waals surface area contributed by atoms with Crippen LogP contribution in [0.3, 0.4) is 0 Å². The largest absolute Gasteiger partial charge is 0.444 e. The lowest BCUT2D eigenvalue weighted by molar-refractivity contribution is 0.0500. The topological polar surface area (TPSA) is 67.0 Å². The molecule has 0 aliphatic carbocycles. The lowest BCUT2D eigenvalue weighted by Crippen LogP contribution is -2.35. The van der Waals surface area contributed by atoms with E-state index in [1.54, 1.807) is 12.4 Å². The molecule has 0 aliphatic rings. The van der Waals surface area contributed by atoms with Gasteiger partial charge in [0.2, 0.25) is 0 Å². The van der Waals surface area contributed by atoms with Gasteiger partial charge in [-0.05, 0) is 27.2 Å². The van der Waals surface area contributed by atoms with Crippen molar-refractivity contribution in [3.8, 4) is 0 Å². The van der Waals surface area contributed by atoms with Crippen LogP contribution in [0.25, 0.3) is 0 Å². The average molecular weight is 225 g/mol. The van der Waals surface area contributed by atoms with Gasteiger partial charge in [-0.3, -0.25) is 0 Å². The third-order valence-electron chi connectivity index (χ3n) is 1.95. The maximum Gasteiger partial charge on any atom is 0.408 e. The molecule has 1 aromatic rings. The highest BCUT2D eigenvalue weighted by Crippen LogP contribution is 2.13. The van der Waals surface area contributed by atoms with Crippen molar-refractivity contribution in [2.75, 3.05) is 0 Å². The quantitative estimate of drug-likeness (QED) is 0.830. The molecule has 0 saturated carbocycles. The standard InChI is InChI=1S/C11H19N3O2/c1-5-8(9-12-6-7-13-9)14-10(15)16-11(2,3)4/h6-8H,5H2,1-4H3,(H,12,13)(H,14,15)/t8-/m1/s1. The summed E-state index contributed by atoms with van der Waals surface area (Å²) >= 11 is 0. The number of H-pyrrole nitrogens is 1. The lowest BCUT2D eigenvalue weighted by Gasteiger charge is -2.22. The third-order valence-corrected chi connectivity index (χ3v) is 1.95. The molecule has 0 aliphatic heterocycles. The molecule has 16 heavy (non-hydrogen) atoms. The van der Waals surface area contributed by atoms with Crippen LogP contribution in [-0.2, 0) is 4.74 Å². The summed E-state index contributed by atoms with van der Waals surface area (Å²) in [6.45, 7) is 7.48. The highest BCUT2D eigenvalue weighted by Gasteiger charge is 2.20. The molecule has 90 valence electrons. The Balaban J connectivity index is 2.55. The van der Waals surface area contributed by atoms with E-state index in [4.69, 9.17) is 4.74 Å². The predicted octanol–water partition coefficient (Wildman–Crippen LogP) is 2.39. The van der Waals surface area contributed by atoms with Crippen LogP contribution in [0.2, 0.25) is 0 Å². The number of aromatic nitrogens is 2. The number of carbonyl (C=O) groups is 1. The Morgan fingerprint density at radius 2 is 2.31 bits per heavy atom. The second-order valence-corrected chi connectivity index (χ2v) is 4.58. The number of alkyl carbamates (subject to hydrolysis) is 1. The Morgan fingerprint density at radius 1 is 1.62 bits per heavy atom. The van der Waals surface area contributed by atoms with Crippen molar-refractivity contribution in [2.24, 2.45) is 0 Å². The molecule has 1 atom stereocenters. The molecule has 0 aromatic carbocycles. The zero-order chi connectivity index (χ0) is 12.2. The first-order chi connectivity index (χ1) is 7.42. The van der Waals surface area contributed by atoms with E-state index in [-0.39, 0.29) is 6.04 Å². The van der Waals surface area contributed by atoms with Crippen LogP contribution in [0, 0.1) is 0 Å². The summed E-state index contributed by atoms with van der Waals surface area (Å²) in [4.78, 5) is 18.6. The highest BCUT2D eigenvalue weighted by atomic mass is 16.6. The number of hydrogen-bond donors (Lipinski definition) is 2. The Hall–Kier alpha value is -1.52.